The van der Waals surface area contributed by atoms with Crippen LogP contribution in [0.4, 0.5) is 5.82 Å². The number of methoxy groups -OCH3 is 1. The van der Waals surface area contributed by atoms with Crippen LogP contribution >= 0.6 is 27.3 Å². The first-order valence-electron chi connectivity index (χ1n) is 9.82. The van der Waals surface area contributed by atoms with Crippen LogP contribution in [0.3, 0.4) is 0 Å². The molecule has 2 aromatic heterocycles. The Labute approximate surface area is 202 Å². The topological polar surface area (TPSA) is 113 Å². The number of nitriles is 1. The number of nitrogens with zero attached hydrogens (tertiary/aromatic N) is 4. The molecule has 0 aliphatic heterocycles. The van der Waals surface area contributed by atoms with Crippen molar-refractivity contribution in [3.05, 3.63) is 58.3 Å². The summed E-state index contributed by atoms with van der Waals surface area (Å²) >= 11 is 4.69. The summed E-state index contributed by atoms with van der Waals surface area (Å²) in [4.78, 5) is 9.40. The van der Waals surface area contributed by atoms with E-state index in [4.69, 9.17) is 9.47 Å². The van der Waals surface area contributed by atoms with Crippen LogP contribution in [-0.4, -0.2) is 35.0 Å². The molecule has 0 amide bonds. The van der Waals surface area contributed by atoms with E-state index in [1.54, 1.807) is 18.3 Å². The SMILES string of the molecule is CCOc1ccccc1-c1sc2c(NN=Cc3cc(Br)c(O)c(OC)c3)ncnc2c1C#N. The van der Waals surface area contributed by atoms with E-state index in [0.717, 1.165) is 10.4 Å². The molecule has 2 N–H and O–H groups in total. The van der Waals surface area contributed by atoms with Crippen LogP contribution < -0.4 is 14.9 Å². The Bertz CT molecular complexity index is 1400. The van der Waals surface area contributed by atoms with Gasteiger partial charge in [-0.15, -0.1) is 11.3 Å². The molecule has 2 heterocycles. The molecule has 0 spiro atoms. The second kappa shape index (κ2) is 9.85. The van der Waals surface area contributed by atoms with Crippen molar-refractivity contribution < 1.29 is 14.6 Å². The Morgan fingerprint density at radius 2 is 2.09 bits per heavy atom. The molecule has 166 valence electrons. The lowest BCUT2D eigenvalue weighted by Gasteiger charge is -2.08. The highest BCUT2D eigenvalue weighted by Gasteiger charge is 2.20. The molecule has 0 atom stereocenters. The zero-order chi connectivity index (χ0) is 23.4. The van der Waals surface area contributed by atoms with Crippen LogP contribution in [0.25, 0.3) is 20.7 Å². The molecule has 0 radical (unpaired) electrons. The molecule has 0 unspecified atom stereocenters. The van der Waals surface area contributed by atoms with E-state index in [2.05, 4.69) is 42.5 Å². The van der Waals surface area contributed by atoms with E-state index in [0.29, 0.717) is 49.7 Å². The molecule has 2 aromatic carbocycles. The maximum absolute atomic E-state index is 9.96. The minimum Gasteiger partial charge on any atom is -0.503 e. The summed E-state index contributed by atoms with van der Waals surface area (Å²) in [6, 6.07) is 13.2. The third-order valence-corrected chi connectivity index (χ3v) is 6.49. The maximum Gasteiger partial charge on any atom is 0.172 e. The number of thiophene rings is 1. The van der Waals surface area contributed by atoms with Crippen LogP contribution in [0, 0.1) is 11.3 Å². The Kier molecular flexibility index (Phi) is 6.72. The average molecular weight is 524 g/mol. The van der Waals surface area contributed by atoms with Crippen LogP contribution in [0.1, 0.15) is 18.1 Å². The normalized spacial score (nSPS) is 11.0. The molecule has 0 saturated carbocycles. The molecule has 0 fully saturated rings. The maximum atomic E-state index is 9.96. The summed E-state index contributed by atoms with van der Waals surface area (Å²) in [5, 5.41) is 24.1. The number of aromatic nitrogens is 2. The first-order chi connectivity index (χ1) is 16.1. The number of rotatable bonds is 7. The number of phenolic OH excluding ortho intramolecular Hbond substituents is 1. The Morgan fingerprint density at radius 1 is 1.27 bits per heavy atom. The van der Waals surface area contributed by atoms with Gasteiger partial charge in [0.05, 0.1) is 39.5 Å². The van der Waals surface area contributed by atoms with Gasteiger partial charge in [-0.25, -0.2) is 9.97 Å². The van der Waals surface area contributed by atoms with Gasteiger partial charge in [-0.1, -0.05) is 12.1 Å². The smallest absolute Gasteiger partial charge is 0.172 e. The highest BCUT2D eigenvalue weighted by Crippen LogP contribution is 2.43. The zero-order valence-electron chi connectivity index (χ0n) is 17.7. The molecular formula is C23H18BrN5O3S. The highest BCUT2D eigenvalue weighted by molar-refractivity contribution is 9.10. The quantitative estimate of drug-likeness (QED) is 0.241. The van der Waals surface area contributed by atoms with Gasteiger partial charge < -0.3 is 14.6 Å². The summed E-state index contributed by atoms with van der Waals surface area (Å²) < 4.78 is 12.1. The number of nitrogens with one attached hydrogen (secondary N) is 1. The second-order valence-corrected chi connectivity index (χ2v) is 8.55. The molecule has 0 bridgehead atoms. The number of benzene rings is 2. The lowest BCUT2D eigenvalue weighted by atomic mass is 10.1. The molecule has 4 rings (SSSR count). The van der Waals surface area contributed by atoms with Gasteiger partial charge in [-0.3, -0.25) is 5.43 Å². The fraction of sp³-hybridized carbons (Fsp3) is 0.130. The molecule has 0 aliphatic rings. The number of ether oxygens (including phenoxy) is 2. The molecule has 4 aromatic rings. The summed E-state index contributed by atoms with van der Waals surface area (Å²) in [7, 11) is 1.48. The van der Waals surface area contributed by atoms with Gasteiger partial charge in [-0.05, 0) is 52.7 Å². The summed E-state index contributed by atoms with van der Waals surface area (Å²) in [5.41, 5.74) is 5.47. The summed E-state index contributed by atoms with van der Waals surface area (Å²) in [6.45, 7) is 2.43. The van der Waals surface area contributed by atoms with E-state index in [9.17, 15) is 10.4 Å². The fourth-order valence-electron chi connectivity index (χ4n) is 3.21. The lowest BCUT2D eigenvalue weighted by Crippen LogP contribution is -1.95. The Balaban J connectivity index is 1.72. The number of anilines is 1. The molecule has 8 nitrogen and oxygen atoms in total. The third-order valence-electron chi connectivity index (χ3n) is 4.67. The van der Waals surface area contributed by atoms with Gasteiger partial charge in [0.2, 0.25) is 0 Å². The van der Waals surface area contributed by atoms with Crippen molar-refractivity contribution in [2.75, 3.05) is 19.1 Å². The molecule has 0 saturated heterocycles. The van der Waals surface area contributed by atoms with Gasteiger partial charge in [0.25, 0.3) is 0 Å². The largest absolute Gasteiger partial charge is 0.503 e. The van der Waals surface area contributed by atoms with Gasteiger partial charge in [0, 0.05) is 5.56 Å². The number of halogens is 1. The van der Waals surface area contributed by atoms with Gasteiger partial charge in [0.15, 0.2) is 17.3 Å². The lowest BCUT2D eigenvalue weighted by molar-refractivity contribution is 0.341. The van der Waals surface area contributed by atoms with Crippen molar-refractivity contribution in [1.29, 1.82) is 5.26 Å². The second-order valence-electron chi connectivity index (χ2n) is 6.67. The Hall–Kier alpha value is -3.68. The first kappa shape index (κ1) is 22.5. The zero-order valence-corrected chi connectivity index (χ0v) is 20.1. The molecule has 0 aliphatic carbocycles. The predicted molar refractivity (Wildman–Crippen MR) is 132 cm³/mol. The standard InChI is InChI=1S/C23H18BrN5O3S/c1-3-32-17-7-5-4-6-14(17)21-15(10-25)19-22(33-21)23(27-12-26-19)29-28-11-13-8-16(24)20(30)18(9-13)31-2/h4-9,11-12,30H,3H2,1-2H3,(H,26,27,29). The van der Waals surface area contributed by atoms with Crippen LogP contribution in [-0.2, 0) is 0 Å². The van der Waals surface area contributed by atoms with Crippen molar-refractivity contribution in [1.82, 2.24) is 9.97 Å². The number of fused-ring (bicyclic) bond motifs is 1. The average Bonchev–Trinajstić information content (AvgIpc) is 3.21. The van der Waals surface area contributed by atoms with E-state index in [-0.39, 0.29) is 5.75 Å². The van der Waals surface area contributed by atoms with Gasteiger partial charge in [0.1, 0.15) is 23.7 Å². The van der Waals surface area contributed by atoms with E-state index >= 15 is 0 Å². The monoisotopic (exact) mass is 523 g/mol. The minimum absolute atomic E-state index is 0.0163. The number of phenols is 1. The highest BCUT2D eigenvalue weighted by atomic mass is 79.9. The number of hydrogen-bond acceptors (Lipinski definition) is 9. The number of para-hydroxylation sites is 1. The van der Waals surface area contributed by atoms with Crippen molar-refractivity contribution >= 4 is 49.5 Å². The number of hydrogen-bond donors (Lipinski definition) is 2. The van der Waals surface area contributed by atoms with Crippen LogP contribution in [0.2, 0.25) is 0 Å². The molecule has 10 heteroatoms. The number of hydrazone groups is 1. The van der Waals surface area contributed by atoms with E-state index < -0.39 is 0 Å². The summed E-state index contributed by atoms with van der Waals surface area (Å²) in [6.07, 6.45) is 2.97. The van der Waals surface area contributed by atoms with E-state index in [1.807, 2.05) is 31.2 Å². The summed E-state index contributed by atoms with van der Waals surface area (Å²) in [5.74, 6) is 1.52. The van der Waals surface area contributed by atoms with Crippen LogP contribution in [0.5, 0.6) is 17.2 Å². The molecular weight excluding hydrogens is 506 g/mol. The molecule has 33 heavy (non-hydrogen) atoms. The Morgan fingerprint density at radius 3 is 2.85 bits per heavy atom. The predicted octanol–water partition coefficient (Wildman–Crippen LogP) is 5.55. The third kappa shape index (κ3) is 4.46. The van der Waals surface area contributed by atoms with Crippen molar-refractivity contribution in [2.45, 2.75) is 6.92 Å². The number of aromatic hydroxyl groups is 1. The fourth-order valence-corrected chi connectivity index (χ4v) is 4.84. The minimum atomic E-state index is 0.0163. The first-order valence-corrected chi connectivity index (χ1v) is 11.4. The van der Waals surface area contributed by atoms with Crippen molar-refractivity contribution in [3.63, 3.8) is 0 Å². The van der Waals surface area contributed by atoms with Crippen molar-refractivity contribution in [3.8, 4) is 33.8 Å². The van der Waals surface area contributed by atoms with Gasteiger partial charge >= 0.3 is 0 Å². The van der Waals surface area contributed by atoms with Crippen LogP contribution in [0.15, 0.2) is 52.3 Å². The van der Waals surface area contributed by atoms with Gasteiger partial charge in [-0.2, -0.15) is 10.4 Å². The van der Waals surface area contributed by atoms with E-state index in [1.165, 1.54) is 24.8 Å². The van der Waals surface area contributed by atoms with Crippen molar-refractivity contribution in [2.24, 2.45) is 5.10 Å².